The van der Waals surface area contributed by atoms with Crippen LogP contribution in [0.1, 0.15) is 23.6 Å². The fourth-order valence-corrected chi connectivity index (χ4v) is 5.91. The van der Waals surface area contributed by atoms with Gasteiger partial charge in [-0.1, -0.05) is 29.8 Å². The monoisotopic (exact) mass is 477 g/mol. The molecule has 0 aliphatic carbocycles. The maximum absolute atomic E-state index is 14.0. The van der Waals surface area contributed by atoms with Gasteiger partial charge in [0.15, 0.2) is 0 Å². The maximum atomic E-state index is 14.0. The highest BCUT2D eigenvalue weighted by atomic mass is 16.5. The molecule has 3 heterocycles. The quantitative estimate of drug-likeness (QED) is 0.515. The molecule has 2 aromatic carbocycles. The number of anilines is 1. The van der Waals surface area contributed by atoms with Crippen LogP contribution >= 0.6 is 0 Å². The van der Waals surface area contributed by atoms with E-state index in [4.69, 9.17) is 9.47 Å². The Morgan fingerprint density at radius 3 is 2.34 bits per heavy atom. The van der Waals surface area contributed by atoms with Crippen molar-refractivity contribution in [2.45, 2.75) is 24.9 Å². The third-order valence-corrected chi connectivity index (χ3v) is 7.48. The van der Waals surface area contributed by atoms with Gasteiger partial charge >= 0.3 is 5.97 Å². The Bertz CT molecular complexity index is 1190. The van der Waals surface area contributed by atoms with E-state index in [1.54, 1.807) is 31.4 Å². The van der Waals surface area contributed by atoms with Crippen LogP contribution < -0.4 is 15.0 Å². The number of benzene rings is 2. The molecule has 4 atom stereocenters. The van der Waals surface area contributed by atoms with Crippen molar-refractivity contribution in [3.8, 4) is 5.75 Å². The molecule has 9 heteroatoms. The molecule has 9 nitrogen and oxygen atoms in total. The van der Waals surface area contributed by atoms with Crippen LogP contribution in [0.2, 0.25) is 0 Å². The number of amides is 3. The van der Waals surface area contributed by atoms with Crippen LogP contribution in [-0.4, -0.2) is 61.4 Å². The Morgan fingerprint density at radius 1 is 1.03 bits per heavy atom. The maximum Gasteiger partial charge on any atom is 0.307 e. The van der Waals surface area contributed by atoms with Gasteiger partial charge in [0.25, 0.3) is 0 Å². The molecule has 3 fully saturated rings. The summed E-state index contributed by atoms with van der Waals surface area (Å²) in [5, 5.41) is 2.83. The molecular weight excluding hydrogens is 450 g/mol. The number of rotatable bonds is 5. The van der Waals surface area contributed by atoms with E-state index in [1.165, 1.54) is 12.0 Å². The second-order valence-electron chi connectivity index (χ2n) is 9.20. The van der Waals surface area contributed by atoms with E-state index in [9.17, 15) is 19.2 Å². The normalized spacial score (nSPS) is 27.9. The van der Waals surface area contributed by atoms with E-state index in [0.717, 1.165) is 11.1 Å². The van der Waals surface area contributed by atoms with E-state index >= 15 is 0 Å². The summed E-state index contributed by atoms with van der Waals surface area (Å²) in [7, 11) is 2.81. The van der Waals surface area contributed by atoms with Gasteiger partial charge < -0.3 is 14.8 Å². The lowest BCUT2D eigenvalue weighted by Crippen LogP contribution is -2.67. The first-order valence-electron chi connectivity index (χ1n) is 11.5. The highest BCUT2D eigenvalue weighted by molar-refractivity contribution is 6.24. The van der Waals surface area contributed by atoms with Crippen LogP contribution in [0.4, 0.5) is 5.69 Å². The summed E-state index contributed by atoms with van der Waals surface area (Å²) >= 11 is 0. The van der Waals surface area contributed by atoms with Gasteiger partial charge in [0.05, 0.1) is 38.2 Å². The van der Waals surface area contributed by atoms with Crippen molar-refractivity contribution in [3.05, 3.63) is 59.7 Å². The molecule has 0 aromatic heterocycles. The molecule has 35 heavy (non-hydrogen) atoms. The van der Waals surface area contributed by atoms with Crippen LogP contribution in [0, 0.1) is 18.8 Å². The van der Waals surface area contributed by atoms with Crippen molar-refractivity contribution in [1.29, 1.82) is 0 Å². The topological polar surface area (TPSA) is 105 Å². The van der Waals surface area contributed by atoms with Gasteiger partial charge in [0, 0.05) is 19.1 Å². The predicted octanol–water partition coefficient (Wildman–Crippen LogP) is 1.60. The van der Waals surface area contributed by atoms with Crippen LogP contribution in [0.5, 0.6) is 5.75 Å². The minimum absolute atomic E-state index is 0.329. The van der Waals surface area contributed by atoms with Crippen molar-refractivity contribution in [3.63, 3.8) is 0 Å². The molecule has 5 rings (SSSR count). The smallest absolute Gasteiger partial charge is 0.307 e. The number of nitrogens with zero attached hydrogens (tertiary/aromatic N) is 2. The standard InChI is InChI=1S/C26H27N3O6/c1-15-4-8-17(9-5-15)29-23(31)20-21(24(29)32)26(14-19(30)35-3)25(33)27-12-13-28(26)22(20)16-6-10-18(34-2)11-7-16/h4-11,20-22H,12-14H2,1-3H3,(H,27,33)/t20-,21-,22+,26-/m0/s1. The molecule has 2 aromatic rings. The molecule has 0 unspecified atom stereocenters. The number of esters is 1. The number of fused-ring (bicyclic) bond motifs is 3. The molecule has 0 radical (unpaired) electrons. The molecule has 3 aliphatic rings. The van der Waals surface area contributed by atoms with Gasteiger partial charge in [0.2, 0.25) is 17.7 Å². The summed E-state index contributed by atoms with van der Waals surface area (Å²) in [6, 6.07) is 13.8. The lowest BCUT2D eigenvalue weighted by Gasteiger charge is -2.45. The Balaban J connectivity index is 1.69. The molecule has 1 N–H and O–H groups in total. The van der Waals surface area contributed by atoms with Crippen molar-refractivity contribution in [2.24, 2.45) is 11.8 Å². The summed E-state index contributed by atoms with van der Waals surface area (Å²) in [6.07, 6.45) is -0.329. The number of methoxy groups -OCH3 is 2. The number of carbonyl (C=O) groups is 4. The zero-order chi connectivity index (χ0) is 24.9. The van der Waals surface area contributed by atoms with E-state index in [-0.39, 0.29) is 12.3 Å². The highest BCUT2D eigenvalue weighted by Crippen LogP contribution is 2.57. The molecule has 3 aliphatic heterocycles. The predicted molar refractivity (Wildman–Crippen MR) is 125 cm³/mol. The van der Waals surface area contributed by atoms with E-state index in [2.05, 4.69) is 5.32 Å². The molecule has 0 bridgehead atoms. The lowest BCUT2D eigenvalue weighted by molar-refractivity contribution is -0.154. The Labute approximate surface area is 203 Å². The van der Waals surface area contributed by atoms with Crippen molar-refractivity contribution in [1.82, 2.24) is 10.2 Å². The third kappa shape index (κ3) is 3.33. The largest absolute Gasteiger partial charge is 0.497 e. The number of ether oxygens (including phenoxy) is 2. The fourth-order valence-electron chi connectivity index (χ4n) is 5.91. The van der Waals surface area contributed by atoms with Crippen molar-refractivity contribution >= 4 is 29.4 Å². The van der Waals surface area contributed by atoms with Gasteiger partial charge in [-0.15, -0.1) is 0 Å². The second kappa shape index (κ2) is 8.49. The zero-order valence-corrected chi connectivity index (χ0v) is 19.8. The first-order chi connectivity index (χ1) is 16.8. The summed E-state index contributed by atoms with van der Waals surface area (Å²) in [6.45, 7) is 2.65. The summed E-state index contributed by atoms with van der Waals surface area (Å²) in [4.78, 5) is 57.1. The first kappa shape index (κ1) is 23.0. The Hall–Kier alpha value is -3.72. The number of piperazine rings is 1. The first-order valence-corrected chi connectivity index (χ1v) is 11.5. The van der Waals surface area contributed by atoms with Gasteiger partial charge in [-0.05, 0) is 36.8 Å². The lowest BCUT2D eigenvalue weighted by atomic mass is 9.76. The molecular formula is C26H27N3O6. The molecule has 0 saturated carbocycles. The van der Waals surface area contributed by atoms with E-state index in [1.807, 2.05) is 36.1 Å². The van der Waals surface area contributed by atoms with Gasteiger partial charge in [0.1, 0.15) is 11.3 Å². The second-order valence-corrected chi connectivity index (χ2v) is 9.20. The van der Waals surface area contributed by atoms with Crippen LogP contribution in [0.25, 0.3) is 0 Å². The number of hydrogen-bond acceptors (Lipinski definition) is 7. The molecule has 3 amide bonds. The van der Waals surface area contributed by atoms with Crippen LogP contribution in [0.15, 0.2) is 48.5 Å². The molecule has 0 spiro atoms. The number of aryl methyl sites for hydroxylation is 1. The van der Waals surface area contributed by atoms with Crippen molar-refractivity contribution in [2.75, 3.05) is 32.2 Å². The molecule has 3 saturated heterocycles. The number of carbonyl (C=O) groups excluding carboxylic acids is 4. The van der Waals surface area contributed by atoms with Crippen molar-refractivity contribution < 1.29 is 28.7 Å². The number of nitrogens with one attached hydrogen (secondary N) is 1. The van der Waals surface area contributed by atoms with Crippen LogP contribution in [0.3, 0.4) is 0 Å². The molecule has 182 valence electrons. The van der Waals surface area contributed by atoms with Crippen LogP contribution in [-0.2, 0) is 23.9 Å². The SMILES string of the molecule is COC(=O)C[C@]12C(=O)NCCN1[C@H](c1ccc(OC)cc1)[C@H]1C(=O)N(c3ccc(C)cc3)C(=O)[C@H]12. The summed E-state index contributed by atoms with van der Waals surface area (Å²) < 4.78 is 10.2. The average Bonchev–Trinajstić information content (AvgIpc) is 3.30. The zero-order valence-electron chi connectivity index (χ0n) is 19.8. The summed E-state index contributed by atoms with van der Waals surface area (Å²) in [5.41, 5.74) is 0.676. The average molecular weight is 478 g/mol. The van der Waals surface area contributed by atoms with E-state index < -0.39 is 41.2 Å². The van der Waals surface area contributed by atoms with Gasteiger partial charge in [-0.25, -0.2) is 4.90 Å². The minimum atomic E-state index is -1.53. The van der Waals surface area contributed by atoms with Gasteiger partial charge in [-0.2, -0.15) is 0 Å². The van der Waals surface area contributed by atoms with Gasteiger partial charge in [-0.3, -0.25) is 24.1 Å². The Morgan fingerprint density at radius 2 is 1.71 bits per heavy atom. The highest BCUT2D eigenvalue weighted by Gasteiger charge is 2.73. The minimum Gasteiger partial charge on any atom is -0.497 e. The van der Waals surface area contributed by atoms with E-state index in [0.29, 0.717) is 24.5 Å². The summed E-state index contributed by atoms with van der Waals surface area (Å²) in [5.74, 6) is -3.15. The third-order valence-electron chi connectivity index (χ3n) is 7.48. The Kier molecular flexibility index (Phi) is 5.59. The number of hydrogen-bond donors (Lipinski definition) is 1. The fraction of sp³-hybridized carbons (Fsp3) is 0.385. The number of imide groups is 1.